The summed E-state index contributed by atoms with van der Waals surface area (Å²) < 4.78 is 0. The van der Waals surface area contributed by atoms with Gasteiger partial charge in [0, 0.05) is 6.42 Å². The van der Waals surface area contributed by atoms with E-state index in [1.54, 1.807) is 6.08 Å². The number of aliphatic hydroxyl groups excluding tert-OH is 2. The molecule has 0 aliphatic heterocycles. The lowest BCUT2D eigenvalue weighted by Crippen LogP contribution is -2.45. The molecule has 3 N–H and O–H groups in total. The second-order valence-corrected chi connectivity index (χ2v) is 14.4. The quantitative estimate of drug-likeness (QED) is 0.0460. The van der Waals surface area contributed by atoms with E-state index in [1.807, 2.05) is 6.08 Å². The number of amides is 1. The molecule has 0 aromatic rings. The van der Waals surface area contributed by atoms with Crippen LogP contribution in [0.3, 0.4) is 0 Å². The average Bonchev–Trinajstić information content (AvgIpc) is 3.06. The molecule has 274 valence electrons. The van der Waals surface area contributed by atoms with Crippen LogP contribution in [0.5, 0.6) is 0 Å². The van der Waals surface area contributed by atoms with E-state index >= 15 is 0 Å². The van der Waals surface area contributed by atoms with Crippen molar-refractivity contribution in [1.29, 1.82) is 0 Å². The highest BCUT2D eigenvalue weighted by molar-refractivity contribution is 5.76. The largest absolute Gasteiger partial charge is 0.394 e. The zero-order valence-corrected chi connectivity index (χ0v) is 31.4. The number of aliphatic hydroxyl groups is 2. The fourth-order valence-corrected chi connectivity index (χ4v) is 6.53. The van der Waals surface area contributed by atoms with Crippen molar-refractivity contribution < 1.29 is 15.0 Å². The number of carbonyl (C=O) groups excluding carboxylic acids is 1. The highest BCUT2D eigenvalue weighted by atomic mass is 16.3. The van der Waals surface area contributed by atoms with Gasteiger partial charge in [-0.25, -0.2) is 0 Å². The van der Waals surface area contributed by atoms with Gasteiger partial charge in [-0.15, -0.1) is 0 Å². The topological polar surface area (TPSA) is 69.6 Å². The molecule has 0 rings (SSSR count). The average molecular weight is 650 g/mol. The minimum Gasteiger partial charge on any atom is -0.394 e. The molecule has 0 aromatic heterocycles. The zero-order chi connectivity index (χ0) is 33.6. The van der Waals surface area contributed by atoms with E-state index in [2.05, 4.69) is 19.2 Å². The van der Waals surface area contributed by atoms with E-state index in [9.17, 15) is 15.0 Å². The first-order chi connectivity index (χ1) is 22.7. The monoisotopic (exact) mass is 650 g/mol. The van der Waals surface area contributed by atoms with Crippen LogP contribution in [0.25, 0.3) is 0 Å². The van der Waals surface area contributed by atoms with Crippen LogP contribution in [0.1, 0.15) is 232 Å². The molecule has 46 heavy (non-hydrogen) atoms. The van der Waals surface area contributed by atoms with Gasteiger partial charge in [0.05, 0.1) is 18.8 Å². The summed E-state index contributed by atoms with van der Waals surface area (Å²) in [5.41, 5.74) is 0. The van der Waals surface area contributed by atoms with E-state index in [4.69, 9.17) is 0 Å². The number of unbranched alkanes of at least 4 members (excludes halogenated alkanes) is 31. The molecule has 0 saturated carbocycles. The van der Waals surface area contributed by atoms with Gasteiger partial charge in [-0.1, -0.05) is 219 Å². The lowest BCUT2D eigenvalue weighted by molar-refractivity contribution is -0.123. The Morgan fingerprint density at radius 2 is 0.804 bits per heavy atom. The Morgan fingerprint density at radius 3 is 1.13 bits per heavy atom. The van der Waals surface area contributed by atoms with Crippen molar-refractivity contribution in [2.75, 3.05) is 6.61 Å². The third kappa shape index (κ3) is 34.5. The summed E-state index contributed by atoms with van der Waals surface area (Å²) in [4.78, 5) is 12.3. The molecule has 0 bridgehead atoms. The third-order valence-electron chi connectivity index (χ3n) is 9.77. The summed E-state index contributed by atoms with van der Waals surface area (Å²) in [5, 5.41) is 23.0. The van der Waals surface area contributed by atoms with Gasteiger partial charge in [-0.05, 0) is 19.3 Å². The Morgan fingerprint density at radius 1 is 0.500 bits per heavy atom. The van der Waals surface area contributed by atoms with Gasteiger partial charge in [0.25, 0.3) is 0 Å². The fraction of sp³-hybridized carbons (Fsp3) is 0.929. The minimum absolute atomic E-state index is 0.0617. The second-order valence-electron chi connectivity index (χ2n) is 14.4. The van der Waals surface area contributed by atoms with Crippen molar-refractivity contribution in [3.8, 4) is 0 Å². The predicted molar refractivity (Wildman–Crippen MR) is 202 cm³/mol. The van der Waals surface area contributed by atoms with Crippen molar-refractivity contribution in [3.05, 3.63) is 12.2 Å². The van der Waals surface area contributed by atoms with Gasteiger partial charge in [-0.2, -0.15) is 0 Å². The van der Waals surface area contributed by atoms with E-state index in [0.717, 1.165) is 25.7 Å². The lowest BCUT2D eigenvalue weighted by Gasteiger charge is -2.20. The number of hydrogen-bond acceptors (Lipinski definition) is 3. The number of hydrogen-bond donors (Lipinski definition) is 3. The van der Waals surface area contributed by atoms with Crippen LogP contribution in [0.15, 0.2) is 12.2 Å². The van der Waals surface area contributed by atoms with Crippen LogP contribution in [-0.2, 0) is 4.79 Å². The number of nitrogens with one attached hydrogen (secondary N) is 1. The smallest absolute Gasteiger partial charge is 0.220 e. The van der Waals surface area contributed by atoms with Crippen LogP contribution < -0.4 is 5.32 Å². The van der Waals surface area contributed by atoms with E-state index in [1.165, 1.54) is 186 Å². The van der Waals surface area contributed by atoms with Crippen molar-refractivity contribution in [2.24, 2.45) is 0 Å². The summed E-state index contributed by atoms with van der Waals surface area (Å²) in [6, 6.07) is -0.615. The predicted octanol–water partition coefficient (Wildman–Crippen LogP) is 12.7. The number of rotatable bonds is 38. The lowest BCUT2D eigenvalue weighted by atomic mass is 10.0. The van der Waals surface area contributed by atoms with Gasteiger partial charge in [0.1, 0.15) is 0 Å². The molecule has 1 amide bonds. The Kier molecular flexibility index (Phi) is 37.8. The van der Waals surface area contributed by atoms with Crippen molar-refractivity contribution in [2.45, 2.75) is 244 Å². The van der Waals surface area contributed by atoms with Crippen LogP contribution in [-0.4, -0.2) is 34.9 Å². The molecule has 0 radical (unpaired) electrons. The number of carbonyl (C=O) groups is 1. The Balaban J connectivity index is 3.53. The summed E-state index contributed by atoms with van der Waals surface area (Å²) in [6.07, 6.45) is 47.4. The molecule has 2 atom stereocenters. The zero-order valence-electron chi connectivity index (χ0n) is 31.4. The first-order valence-electron chi connectivity index (χ1n) is 20.9. The third-order valence-corrected chi connectivity index (χ3v) is 9.77. The SMILES string of the molecule is CCCCCCCCCCCCCCCCCCCCC/C=C/C(O)C(CO)NC(=O)CCCCCCCCCCCCCCC. The Labute approximate surface area is 288 Å². The summed E-state index contributed by atoms with van der Waals surface area (Å²) >= 11 is 0. The van der Waals surface area contributed by atoms with Crippen LogP contribution in [0, 0.1) is 0 Å². The Bertz CT molecular complexity index is 622. The maximum atomic E-state index is 12.3. The molecule has 0 heterocycles. The normalized spacial score (nSPS) is 13.0. The molecular formula is C42H83NO3. The highest BCUT2D eigenvalue weighted by Gasteiger charge is 2.17. The van der Waals surface area contributed by atoms with Gasteiger partial charge in [0.2, 0.25) is 5.91 Å². The Hall–Kier alpha value is -0.870. The molecule has 0 spiro atoms. The first-order valence-corrected chi connectivity index (χ1v) is 20.9. The second kappa shape index (κ2) is 38.6. The van der Waals surface area contributed by atoms with Gasteiger partial charge in [-0.3, -0.25) is 4.79 Å². The molecule has 0 saturated heterocycles. The molecule has 4 nitrogen and oxygen atoms in total. The van der Waals surface area contributed by atoms with Crippen LogP contribution in [0.4, 0.5) is 0 Å². The molecule has 4 heteroatoms. The standard InChI is InChI=1S/C42H83NO3/c1-3-5-7-9-11-13-15-17-18-19-20-21-22-23-24-26-27-29-31-33-35-37-41(45)40(39-44)43-42(46)38-36-34-32-30-28-25-16-14-12-10-8-6-4-2/h35,37,40-41,44-45H,3-34,36,38-39H2,1-2H3,(H,43,46)/b37-35+. The van der Waals surface area contributed by atoms with Crippen molar-refractivity contribution >= 4 is 5.91 Å². The van der Waals surface area contributed by atoms with Gasteiger partial charge < -0.3 is 15.5 Å². The van der Waals surface area contributed by atoms with Gasteiger partial charge in [0.15, 0.2) is 0 Å². The summed E-state index contributed by atoms with van der Waals surface area (Å²) in [7, 11) is 0. The van der Waals surface area contributed by atoms with E-state index < -0.39 is 12.1 Å². The van der Waals surface area contributed by atoms with Crippen LogP contribution >= 0.6 is 0 Å². The molecule has 0 fully saturated rings. The van der Waals surface area contributed by atoms with Crippen molar-refractivity contribution in [3.63, 3.8) is 0 Å². The summed E-state index contributed by atoms with van der Waals surface area (Å²) in [6.45, 7) is 4.32. The van der Waals surface area contributed by atoms with Gasteiger partial charge >= 0.3 is 0 Å². The van der Waals surface area contributed by atoms with E-state index in [-0.39, 0.29) is 12.5 Å². The fourth-order valence-electron chi connectivity index (χ4n) is 6.53. The molecule has 0 aliphatic rings. The van der Waals surface area contributed by atoms with E-state index in [0.29, 0.717) is 6.42 Å². The maximum absolute atomic E-state index is 12.3. The highest BCUT2D eigenvalue weighted by Crippen LogP contribution is 2.16. The minimum atomic E-state index is -0.832. The molecule has 0 aliphatic carbocycles. The molecular weight excluding hydrogens is 566 g/mol. The summed E-state index contributed by atoms with van der Waals surface area (Å²) in [5.74, 6) is -0.0617. The first kappa shape index (κ1) is 45.1. The molecule has 2 unspecified atom stereocenters. The number of allylic oxidation sites excluding steroid dienone is 1. The van der Waals surface area contributed by atoms with Crippen molar-refractivity contribution in [1.82, 2.24) is 5.32 Å². The molecule has 0 aromatic carbocycles. The van der Waals surface area contributed by atoms with Crippen LogP contribution in [0.2, 0.25) is 0 Å². The maximum Gasteiger partial charge on any atom is 0.220 e.